The summed E-state index contributed by atoms with van der Waals surface area (Å²) in [6, 6.07) is 16.7. The molecule has 0 amide bonds. The molecular formula is C12H10O3S. The number of benzene rings is 2. The minimum Gasteiger partial charge on any atom is -0.384 e. The summed E-state index contributed by atoms with van der Waals surface area (Å²) >= 11 is 0. The van der Waals surface area contributed by atoms with Gasteiger partial charge in [0.05, 0.1) is 0 Å². The van der Waals surface area contributed by atoms with Crippen molar-refractivity contribution in [1.82, 2.24) is 0 Å². The molecule has 0 unspecified atom stereocenters. The van der Waals surface area contributed by atoms with Crippen LogP contribution in [-0.2, 0) is 11.0 Å². The van der Waals surface area contributed by atoms with Gasteiger partial charge < -0.3 is 4.18 Å². The van der Waals surface area contributed by atoms with Crippen LogP contribution in [0, 0.1) is 0 Å². The van der Waals surface area contributed by atoms with Gasteiger partial charge in [0, 0.05) is 0 Å². The Kier molecular flexibility index (Phi) is 3.22. The SMILES string of the molecule is O=[SH](=O)Oc1ccc(-c2ccccc2)cc1. The summed E-state index contributed by atoms with van der Waals surface area (Å²) in [5, 5.41) is 0. The Morgan fingerprint density at radius 3 is 1.88 bits per heavy atom. The van der Waals surface area contributed by atoms with Crippen LogP contribution in [0.15, 0.2) is 54.6 Å². The van der Waals surface area contributed by atoms with Crippen molar-refractivity contribution in [3.63, 3.8) is 0 Å². The minimum atomic E-state index is -2.84. The minimum absolute atomic E-state index is 0.329. The standard InChI is InChI=1S/C12H10O3S/c13-16(14)15-12-8-6-11(7-9-12)10-4-2-1-3-5-10/h1-9,16H. The topological polar surface area (TPSA) is 43.4 Å². The molecule has 0 radical (unpaired) electrons. The van der Waals surface area contributed by atoms with E-state index in [0.717, 1.165) is 11.1 Å². The van der Waals surface area contributed by atoms with Gasteiger partial charge in [-0.3, -0.25) is 0 Å². The molecule has 0 heterocycles. The van der Waals surface area contributed by atoms with Crippen molar-refractivity contribution < 1.29 is 12.6 Å². The summed E-state index contributed by atoms with van der Waals surface area (Å²) in [7, 11) is -2.84. The van der Waals surface area contributed by atoms with Crippen LogP contribution < -0.4 is 4.18 Å². The third-order valence-electron chi connectivity index (χ3n) is 2.14. The van der Waals surface area contributed by atoms with Crippen molar-refractivity contribution in [2.75, 3.05) is 0 Å². The zero-order valence-electron chi connectivity index (χ0n) is 8.37. The van der Waals surface area contributed by atoms with E-state index in [1.807, 2.05) is 42.5 Å². The summed E-state index contributed by atoms with van der Waals surface area (Å²) in [5.41, 5.74) is 2.11. The van der Waals surface area contributed by atoms with Gasteiger partial charge in [-0.15, -0.1) is 0 Å². The Bertz CT molecular complexity index is 522. The fourth-order valence-electron chi connectivity index (χ4n) is 1.42. The molecule has 0 N–H and O–H groups in total. The average Bonchev–Trinajstić information content (AvgIpc) is 2.30. The molecule has 0 saturated heterocycles. The molecule has 2 aromatic rings. The normalized spacial score (nSPS) is 10.3. The number of rotatable bonds is 3. The van der Waals surface area contributed by atoms with E-state index in [0.29, 0.717) is 5.75 Å². The first-order valence-corrected chi connectivity index (χ1v) is 5.83. The smallest absolute Gasteiger partial charge is 0.299 e. The summed E-state index contributed by atoms with van der Waals surface area (Å²) in [6.45, 7) is 0. The van der Waals surface area contributed by atoms with Crippen LogP contribution in [0.5, 0.6) is 5.75 Å². The first kappa shape index (κ1) is 10.7. The van der Waals surface area contributed by atoms with Crippen LogP contribution in [0.3, 0.4) is 0 Å². The highest BCUT2D eigenvalue weighted by Crippen LogP contribution is 2.21. The lowest BCUT2D eigenvalue weighted by Crippen LogP contribution is -1.89. The van der Waals surface area contributed by atoms with Crippen LogP contribution in [0.1, 0.15) is 0 Å². The van der Waals surface area contributed by atoms with Crippen molar-refractivity contribution in [2.45, 2.75) is 0 Å². The van der Waals surface area contributed by atoms with Gasteiger partial charge in [-0.1, -0.05) is 42.5 Å². The predicted molar refractivity (Wildman–Crippen MR) is 62.8 cm³/mol. The molecule has 0 atom stereocenters. The van der Waals surface area contributed by atoms with Crippen LogP contribution in [-0.4, -0.2) is 8.42 Å². The first-order valence-electron chi connectivity index (χ1n) is 4.73. The monoisotopic (exact) mass is 234 g/mol. The fourth-order valence-corrected chi connectivity index (χ4v) is 1.72. The fraction of sp³-hybridized carbons (Fsp3) is 0. The van der Waals surface area contributed by atoms with Crippen LogP contribution in [0.25, 0.3) is 11.1 Å². The number of hydrogen-bond donors (Lipinski definition) is 1. The zero-order valence-corrected chi connectivity index (χ0v) is 9.26. The largest absolute Gasteiger partial charge is 0.384 e. The van der Waals surface area contributed by atoms with Crippen LogP contribution in [0.4, 0.5) is 0 Å². The van der Waals surface area contributed by atoms with Crippen molar-refractivity contribution in [2.24, 2.45) is 0 Å². The highest BCUT2D eigenvalue weighted by atomic mass is 32.2. The van der Waals surface area contributed by atoms with Gasteiger partial charge in [-0.05, 0) is 23.3 Å². The summed E-state index contributed by atoms with van der Waals surface area (Å²) in [6.07, 6.45) is 0. The second-order valence-electron chi connectivity index (χ2n) is 3.21. The van der Waals surface area contributed by atoms with Crippen molar-refractivity contribution in [3.8, 4) is 16.9 Å². The Labute approximate surface area is 95.5 Å². The molecule has 0 saturated carbocycles. The van der Waals surface area contributed by atoms with Gasteiger partial charge in [0.2, 0.25) is 0 Å². The van der Waals surface area contributed by atoms with Gasteiger partial charge >= 0.3 is 0 Å². The maximum atomic E-state index is 10.3. The Morgan fingerprint density at radius 1 is 0.750 bits per heavy atom. The predicted octanol–water partition coefficient (Wildman–Crippen LogP) is 2.26. The Balaban J connectivity index is 2.26. The molecule has 4 heteroatoms. The van der Waals surface area contributed by atoms with Crippen LogP contribution in [0.2, 0.25) is 0 Å². The molecule has 2 aromatic carbocycles. The molecule has 0 bridgehead atoms. The van der Waals surface area contributed by atoms with E-state index < -0.39 is 11.0 Å². The van der Waals surface area contributed by atoms with Gasteiger partial charge in [0.15, 0.2) is 0 Å². The van der Waals surface area contributed by atoms with Crippen molar-refractivity contribution >= 4 is 11.0 Å². The summed E-state index contributed by atoms with van der Waals surface area (Å²) in [5.74, 6) is 0.329. The van der Waals surface area contributed by atoms with Gasteiger partial charge in [0.1, 0.15) is 5.75 Å². The quantitative estimate of drug-likeness (QED) is 0.828. The van der Waals surface area contributed by atoms with E-state index >= 15 is 0 Å². The number of thiol groups is 1. The van der Waals surface area contributed by atoms with Gasteiger partial charge in [0.25, 0.3) is 11.0 Å². The molecule has 82 valence electrons. The highest BCUT2D eigenvalue weighted by Gasteiger charge is 1.98. The zero-order chi connectivity index (χ0) is 11.4. The van der Waals surface area contributed by atoms with Crippen LogP contribution >= 0.6 is 0 Å². The first-order chi connectivity index (χ1) is 7.75. The lowest BCUT2D eigenvalue weighted by molar-refractivity contribution is 0.511. The third-order valence-corrected chi connectivity index (χ3v) is 2.50. The average molecular weight is 234 g/mol. The third kappa shape index (κ3) is 2.61. The molecule has 0 aliphatic heterocycles. The van der Waals surface area contributed by atoms with E-state index in [4.69, 9.17) is 0 Å². The second kappa shape index (κ2) is 4.81. The molecule has 0 aliphatic carbocycles. The Hall–Kier alpha value is -1.81. The Morgan fingerprint density at radius 2 is 1.31 bits per heavy atom. The highest BCUT2D eigenvalue weighted by molar-refractivity contribution is 7.67. The van der Waals surface area contributed by atoms with E-state index in [1.165, 1.54) is 0 Å². The number of hydrogen-bond acceptors (Lipinski definition) is 3. The van der Waals surface area contributed by atoms with Crippen molar-refractivity contribution in [1.29, 1.82) is 0 Å². The molecular weight excluding hydrogens is 224 g/mol. The molecule has 2 rings (SSSR count). The van der Waals surface area contributed by atoms with Gasteiger partial charge in [-0.25, -0.2) is 0 Å². The molecule has 0 fully saturated rings. The van der Waals surface area contributed by atoms with E-state index in [2.05, 4.69) is 4.18 Å². The lowest BCUT2D eigenvalue weighted by Gasteiger charge is -2.02. The lowest BCUT2D eigenvalue weighted by atomic mass is 10.1. The van der Waals surface area contributed by atoms with E-state index in [1.54, 1.807) is 12.1 Å². The molecule has 0 spiro atoms. The molecule has 16 heavy (non-hydrogen) atoms. The maximum absolute atomic E-state index is 10.3. The molecule has 0 aliphatic rings. The van der Waals surface area contributed by atoms with E-state index in [9.17, 15) is 8.42 Å². The van der Waals surface area contributed by atoms with Crippen molar-refractivity contribution in [3.05, 3.63) is 54.6 Å². The molecule has 3 nitrogen and oxygen atoms in total. The van der Waals surface area contributed by atoms with E-state index in [-0.39, 0.29) is 0 Å². The second-order valence-corrected chi connectivity index (χ2v) is 3.84. The molecule has 0 aromatic heterocycles. The maximum Gasteiger partial charge on any atom is 0.299 e. The summed E-state index contributed by atoms with van der Waals surface area (Å²) < 4.78 is 25.2. The van der Waals surface area contributed by atoms with Gasteiger partial charge in [-0.2, -0.15) is 8.42 Å². The summed E-state index contributed by atoms with van der Waals surface area (Å²) in [4.78, 5) is 0.